The molecule has 1 aromatic rings. The molecule has 0 unspecified atom stereocenters. The van der Waals surface area contributed by atoms with Crippen molar-refractivity contribution in [2.24, 2.45) is 0 Å². The first-order valence-electron chi connectivity index (χ1n) is 3.17. The largest absolute Gasteiger partial charge is 0.298 e. The molecule has 0 aliphatic rings. The third-order valence-corrected chi connectivity index (χ3v) is 4.96. The summed E-state index contributed by atoms with van der Waals surface area (Å²) in [6.45, 7) is 2.03. The second-order valence-corrected chi connectivity index (χ2v) is 5.71. The molecule has 4 heteroatoms. The van der Waals surface area contributed by atoms with Crippen LogP contribution in [0.5, 0.6) is 0 Å². The molecule has 0 amide bonds. The summed E-state index contributed by atoms with van der Waals surface area (Å²) in [5, 5.41) is 0. The van der Waals surface area contributed by atoms with E-state index in [9.17, 15) is 4.79 Å². The fourth-order valence-corrected chi connectivity index (χ4v) is 4.44. The average Bonchev–Trinajstić information content (AvgIpc) is 2.01. The first-order valence-corrected chi connectivity index (χ1v) is 6.40. The summed E-state index contributed by atoms with van der Waals surface area (Å²) in [4.78, 5) is 10.7. The van der Waals surface area contributed by atoms with Crippen molar-refractivity contribution in [2.75, 3.05) is 0 Å². The van der Waals surface area contributed by atoms with Crippen LogP contribution in [0.2, 0.25) is 0 Å². The van der Waals surface area contributed by atoms with Crippen LogP contribution in [-0.2, 0) is 0 Å². The van der Waals surface area contributed by atoms with Gasteiger partial charge in [0, 0.05) is 16.3 Å². The van der Waals surface area contributed by atoms with Gasteiger partial charge in [-0.3, -0.25) is 4.79 Å². The van der Waals surface area contributed by atoms with Gasteiger partial charge in [0.15, 0.2) is 6.29 Å². The number of carbonyl (C=O) groups excluding carboxylic acids is 1. The molecule has 0 aliphatic heterocycles. The Kier molecular flexibility index (Phi) is 4.22. The van der Waals surface area contributed by atoms with E-state index in [0.29, 0.717) is 0 Å². The van der Waals surface area contributed by atoms with Crippen LogP contribution in [0, 0.1) is 17.6 Å². The quantitative estimate of drug-likeness (QED) is 0.428. The van der Waals surface area contributed by atoms with Crippen LogP contribution in [0.15, 0.2) is 6.07 Å². The van der Waals surface area contributed by atoms with Gasteiger partial charge in [0.2, 0.25) is 0 Å². The zero-order valence-electron chi connectivity index (χ0n) is 6.20. The molecule has 0 saturated carbocycles. The molecule has 0 radical (unpaired) electrons. The summed E-state index contributed by atoms with van der Waals surface area (Å²) < 4.78 is 3.31. The molecule has 1 aromatic carbocycles. The van der Waals surface area contributed by atoms with Crippen LogP contribution in [0.4, 0.5) is 0 Å². The van der Waals surface area contributed by atoms with Crippen LogP contribution in [0.3, 0.4) is 0 Å². The lowest BCUT2D eigenvalue weighted by molar-refractivity contribution is 0.112. The highest BCUT2D eigenvalue weighted by Gasteiger charge is 2.09. The molecule has 0 atom stereocenters. The van der Waals surface area contributed by atoms with Crippen LogP contribution in [0.25, 0.3) is 0 Å². The van der Waals surface area contributed by atoms with Gasteiger partial charge in [-0.1, -0.05) is 0 Å². The van der Waals surface area contributed by atoms with Crippen molar-refractivity contribution >= 4 is 74.1 Å². The summed E-state index contributed by atoms with van der Waals surface area (Å²) in [6, 6.07) is 2.03. The Morgan fingerprint density at radius 3 is 2.33 bits per heavy atom. The van der Waals surface area contributed by atoms with Gasteiger partial charge in [-0.05, 0) is 86.3 Å². The van der Waals surface area contributed by atoms with Crippen molar-refractivity contribution in [1.29, 1.82) is 0 Å². The van der Waals surface area contributed by atoms with Crippen LogP contribution in [-0.4, -0.2) is 6.29 Å². The zero-order valence-corrected chi connectivity index (χ0v) is 12.7. The zero-order chi connectivity index (χ0) is 9.30. The maximum atomic E-state index is 10.7. The molecule has 1 rings (SSSR count). The molecule has 1 nitrogen and oxygen atoms in total. The maximum Gasteiger partial charge on any atom is 0.152 e. The lowest BCUT2D eigenvalue weighted by atomic mass is 10.2. The van der Waals surface area contributed by atoms with Crippen molar-refractivity contribution in [3.05, 3.63) is 27.9 Å². The minimum Gasteiger partial charge on any atom is -0.298 e. The van der Waals surface area contributed by atoms with E-state index in [1.54, 1.807) is 0 Å². The molecule has 64 valence electrons. The average molecular weight is 498 g/mol. The topological polar surface area (TPSA) is 17.1 Å². The van der Waals surface area contributed by atoms with Crippen molar-refractivity contribution in [2.45, 2.75) is 6.92 Å². The summed E-state index contributed by atoms with van der Waals surface area (Å²) in [5.41, 5.74) is 2.01. The normalized spacial score (nSPS) is 10.0. The van der Waals surface area contributed by atoms with Gasteiger partial charge < -0.3 is 0 Å². The minimum atomic E-state index is 0.814. The van der Waals surface area contributed by atoms with Gasteiger partial charge in [0.25, 0.3) is 0 Å². The van der Waals surface area contributed by atoms with Crippen LogP contribution in [0.1, 0.15) is 15.9 Å². The Morgan fingerprint density at radius 1 is 1.25 bits per heavy atom. The second-order valence-electron chi connectivity index (χ2n) is 2.31. The van der Waals surface area contributed by atoms with Crippen LogP contribution < -0.4 is 0 Å². The molecule has 0 fully saturated rings. The first kappa shape index (κ1) is 11.2. The SMILES string of the molecule is Cc1c(I)cc(I)c(C=O)c1I. The monoisotopic (exact) mass is 498 g/mol. The number of rotatable bonds is 1. The highest BCUT2D eigenvalue weighted by molar-refractivity contribution is 14.1. The number of halogens is 3. The standard InChI is InChI=1S/C8H5I3O/c1-4-6(9)2-7(10)5(3-12)8(4)11/h2-3H,1H3. The molecule has 0 bridgehead atoms. The van der Waals surface area contributed by atoms with E-state index >= 15 is 0 Å². The lowest BCUT2D eigenvalue weighted by Gasteiger charge is -2.06. The van der Waals surface area contributed by atoms with Gasteiger partial charge in [-0.2, -0.15) is 0 Å². The highest BCUT2D eigenvalue weighted by Crippen LogP contribution is 2.25. The Balaban J connectivity index is 3.51. The fraction of sp³-hybridized carbons (Fsp3) is 0.125. The van der Waals surface area contributed by atoms with E-state index in [4.69, 9.17) is 0 Å². The summed E-state index contributed by atoms with van der Waals surface area (Å²) >= 11 is 6.69. The van der Waals surface area contributed by atoms with Crippen LogP contribution >= 0.6 is 67.8 Å². The minimum absolute atomic E-state index is 0.814. The van der Waals surface area contributed by atoms with E-state index in [1.807, 2.05) is 13.0 Å². The third kappa shape index (κ3) is 2.11. The predicted octanol–water partition coefficient (Wildman–Crippen LogP) is 3.62. The Bertz CT molecular complexity index is 334. The molecule has 0 spiro atoms. The van der Waals surface area contributed by atoms with E-state index in [1.165, 1.54) is 9.13 Å². The van der Waals surface area contributed by atoms with Gasteiger partial charge in [0.05, 0.1) is 0 Å². The molecule has 12 heavy (non-hydrogen) atoms. The maximum absolute atomic E-state index is 10.7. The highest BCUT2D eigenvalue weighted by atomic mass is 127. The van der Waals surface area contributed by atoms with Crippen molar-refractivity contribution < 1.29 is 4.79 Å². The van der Waals surface area contributed by atoms with E-state index < -0.39 is 0 Å². The molecular weight excluding hydrogens is 493 g/mol. The fourth-order valence-electron chi connectivity index (χ4n) is 0.817. The van der Waals surface area contributed by atoms with E-state index in [-0.39, 0.29) is 0 Å². The number of aldehydes is 1. The molecule has 0 aliphatic carbocycles. The molecule has 0 saturated heterocycles. The van der Waals surface area contributed by atoms with Gasteiger partial charge in [-0.15, -0.1) is 0 Å². The Labute approximate surface area is 112 Å². The van der Waals surface area contributed by atoms with Crippen molar-refractivity contribution in [1.82, 2.24) is 0 Å². The number of hydrogen-bond acceptors (Lipinski definition) is 1. The van der Waals surface area contributed by atoms with Crippen molar-refractivity contribution in [3.8, 4) is 0 Å². The van der Waals surface area contributed by atoms with E-state index in [0.717, 1.165) is 19.0 Å². The van der Waals surface area contributed by atoms with E-state index in [2.05, 4.69) is 67.8 Å². The Morgan fingerprint density at radius 2 is 1.83 bits per heavy atom. The number of benzene rings is 1. The number of carbonyl (C=O) groups is 1. The third-order valence-electron chi connectivity index (χ3n) is 1.55. The summed E-state index contributed by atoms with van der Waals surface area (Å²) in [7, 11) is 0. The molecular formula is C8H5I3O. The van der Waals surface area contributed by atoms with Gasteiger partial charge in [-0.25, -0.2) is 0 Å². The van der Waals surface area contributed by atoms with Gasteiger partial charge >= 0.3 is 0 Å². The summed E-state index contributed by atoms with van der Waals surface area (Å²) in [6.07, 6.45) is 0.923. The first-order chi connectivity index (χ1) is 5.57. The lowest BCUT2D eigenvalue weighted by Crippen LogP contribution is -1.96. The smallest absolute Gasteiger partial charge is 0.152 e. The molecule has 0 aromatic heterocycles. The molecule has 0 N–H and O–H groups in total. The molecule has 0 heterocycles. The number of hydrogen-bond donors (Lipinski definition) is 0. The second kappa shape index (κ2) is 4.54. The van der Waals surface area contributed by atoms with Crippen molar-refractivity contribution in [3.63, 3.8) is 0 Å². The Hall–Kier alpha value is 1.08. The van der Waals surface area contributed by atoms with Gasteiger partial charge in [0.1, 0.15) is 0 Å². The predicted molar refractivity (Wildman–Crippen MR) is 74.7 cm³/mol. The summed E-state index contributed by atoms with van der Waals surface area (Å²) in [5.74, 6) is 0.